The van der Waals surface area contributed by atoms with Gasteiger partial charge in [0, 0.05) is 0 Å². The van der Waals surface area contributed by atoms with Gasteiger partial charge in [0.2, 0.25) is 0 Å². The van der Waals surface area contributed by atoms with Crippen molar-refractivity contribution in [2.45, 2.75) is 30.9 Å². The number of hydrogen-bond donors (Lipinski definition) is 1. The van der Waals surface area contributed by atoms with Crippen molar-refractivity contribution in [3.8, 4) is 0 Å². The third-order valence-corrected chi connectivity index (χ3v) is 3.32. The maximum Gasteiger partial charge on any atom is 0.408 e. The van der Waals surface area contributed by atoms with Crippen LogP contribution in [-0.4, -0.2) is 17.3 Å². The van der Waals surface area contributed by atoms with Crippen LogP contribution in [0.5, 0.6) is 0 Å². The van der Waals surface area contributed by atoms with E-state index in [0.29, 0.717) is 12.0 Å². The molecule has 0 saturated heterocycles. The lowest BCUT2D eigenvalue weighted by atomic mass is 9.69. The Hall–Kier alpha value is -1.52. The van der Waals surface area contributed by atoms with Crippen molar-refractivity contribution in [2.24, 2.45) is 0 Å². The van der Waals surface area contributed by atoms with Gasteiger partial charge in [0.1, 0.15) is 0 Å². The highest BCUT2D eigenvalue weighted by Crippen LogP contribution is 2.48. The first-order valence-electron chi connectivity index (χ1n) is 5.28. The maximum atomic E-state index is 13.1. The van der Waals surface area contributed by atoms with Gasteiger partial charge in [-0.1, -0.05) is 24.3 Å². The average Bonchev–Trinajstić information content (AvgIpc) is 2.26. The predicted molar refractivity (Wildman–Crippen MR) is 54.7 cm³/mol. The van der Waals surface area contributed by atoms with Crippen LogP contribution >= 0.6 is 0 Å². The summed E-state index contributed by atoms with van der Waals surface area (Å²) in [6.45, 7) is 0. The molecule has 1 aliphatic rings. The van der Waals surface area contributed by atoms with Crippen molar-refractivity contribution < 1.29 is 23.1 Å². The third-order valence-electron chi connectivity index (χ3n) is 3.32. The van der Waals surface area contributed by atoms with Crippen LogP contribution in [0.15, 0.2) is 24.3 Å². The molecule has 0 radical (unpaired) electrons. The van der Waals surface area contributed by atoms with Crippen LogP contribution < -0.4 is 0 Å². The summed E-state index contributed by atoms with van der Waals surface area (Å²) in [6, 6.07) is 5.93. The summed E-state index contributed by atoms with van der Waals surface area (Å²) in [5.41, 5.74) is -2.35. The molecule has 0 saturated carbocycles. The molecule has 2 rings (SSSR count). The molecular weight excluding hydrogens is 233 g/mol. The molecule has 0 fully saturated rings. The number of halogens is 3. The lowest BCUT2D eigenvalue weighted by molar-refractivity contribution is -0.208. The molecule has 1 unspecified atom stereocenters. The first kappa shape index (κ1) is 12.0. The van der Waals surface area contributed by atoms with Crippen LogP contribution in [0.1, 0.15) is 24.0 Å². The van der Waals surface area contributed by atoms with Crippen LogP contribution in [0.25, 0.3) is 0 Å². The van der Waals surface area contributed by atoms with E-state index < -0.39 is 17.6 Å². The zero-order chi connectivity index (χ0) is 12.7. The molecule has 1 aliphatic carbocycles. The van der Waals surface area contributed by atoms with Crippen molar-refractivity contribution in [3.05, 3.63) is 35.4 Å². The summed E-state index contributed by atoms with van der Waals surface area (Å²) in [7, 11) is 0. The quantitative estimate of drug-likeness (QED) is 0.824. The zero-order valence-electron chi connectivity index (χ0n) is 8.92. The van der Waals surface area contributed by atoms with Crippen molar-refractivity contribution >= 4 is 5.97 Å². The van der Waals surface area contributed by atoms with Gasteiger partial charge in [-0.2, -0.15) is 13.2 Å². The van der Waals surface area contributed by atoms with Gasteiger partial charge in [0.05, 0.1) is 0 Å². The van der Waals surface area contributed by atoms with Gasteiger partial charge in [0.15, 0.2) is 5.41 Å². The minimum Gasteiger partial charge on any atom is -0.480 e. The van der Waals surface area contributed by atoms with Crippen LogP contribution in [0, 0.1) is 0 Å². The second kappa shape index (κ2) is 3.75. The van der Waals surface area contributed by atoms with E-state index in [1.54, 1.807) is 12.1 Å². The average molecular weight is 244 g/mol. The molecule has 0 aliphatic heterocycles. The minimum atomic E-state index is -4.77. The lowest BCUT2D eigenvalue weighted by Crippen LogP contribution is -2.51. The second-order valence-corrected chi connectivity index (χ2v) is 4.22. The Morgan fingerprint density at radius 2 is 1.94 bits per heavy atom. The third kappa shape index (κ3) is 1.61. The number of benzene rings is 1. The highest BCUT2D eigenvalue weighted by Gasteiger charge is 2.62. The molecule has 0 heterocycles. The number of rotatable bonds is 1. The fourth-order valence-electron chi connectivity index (χ4n) is 2.47. The molecule has 2 nitrogen and oxygen atoms in total. The molecule has 1 aromatic carbocycles. The van der Waals surface area contributed by atoms with Gasteiger partial charge in [0.25, 0.3) is 0 Å². The van der Waals surface area contributed by atoms with E-state index in [0.717, 1.165) is 0 Å². The number of carboxylic acids is 1. The normalized spacial score (nSPS) is 24.2. The molecule has 1 N–H and O–H groups in total. The van der Waals surface area contributed by atoms with Gasteiger partial charge in [-0.25, -0.2) is 0 Å². The van der Waals surface area contributed by atoms with E-state index in [4.69, 9.17) is 5.11 Å². The minimum absolute atomic E-state index is 0.105. The van der Waals surface area contributed by atoms with Crippen LogP contribution in [0.3, 0.4) is 0 Å². The Bertz CT molecular complexity index is 453. The Kier molecular flexibility index (Phi) is 2.64. The predicted octanol–water partition coefficient (Wildman–Crippen LogP) is 2.91. The first-order chi connectivity index (χ1) is 7.89. The molecule has 1 aromatic rings. The Balaban J connectivity index is 2.68. The molecule has 0 bridgehead atoms. The topological polar surface area (TPSA) is 37.3 Å². The van der Waals surface area contributed by atoms with E-state index in [1.165, 1.54) is 12.1 Å². The summed E-state index contributed by atoms with van der Waals surface area (Å²) in [5, 5.41) is 9.05. The van der Waals surface area contributed by atoms with Crippen molar-refractivity contribution in [3.63, 3.8) is 0 Å². The van der Waals surface area contributed by atoms with E-state index in [9.17, 15) is 18.0 Å². The van der Waals surface area contributed by atoms with Crippen molar-refractivity contribution in [2.75, 3.05) is 0 Å². The Morgan fingerprint density at radius 1 is 1.29 bits per heavy atom. The summed E-state index contributed by atoms with van der Waals surface area (Å²) in [4.78, 5) is 11.2. The second-order valence-electron chi connectivity index (χ2n) is 4.22. The van der Waals surface area contributed by atoms with Gasteiger partial charge < -0.3 is 5.11 Å². The van der Waals surface area contributed by atoms with Gasteiger partial charge in [-0.05, 0) is 30.4 Å². The first-order valence-corrected chi connectivity index (χ1v) is 5.28. The number of aryl methyl sites for hydroxylation is 1. The van der Waals surface area contributed by atoms with Crippen molar-refractivity contribution in [1.29, 1.82) is 0 Å². The van der Waals surface area contributed by atoms with E-state index in [2.05, 4.69) is 0 Å². The van der Waals surface area contributed by atoms with Crippen LogP contribution in [0.2, 0.25) is 0 Å². The number of carbonyl (C=O) groups is 1. The monoisotopic (exact) mass is 244 g/mol. The van der Waals surface area contributed by atoms with Crippen LogP contribution in [-0.2, 0) is 16.6 Å². The van der Waals surface area contributed by atoms with Crippen LogP contribution in [0.4, 0.5) is 13.2 Å². The fraction of sp³-hybridized carbons (Fsp3) is 0.417. The molecule has 1 atom stereocenters. The number of carboxylic acid groups (broad SMARTS) is 1. The van der Waals surface area contributed by atoms with Crippen molar-refractivity contribution in [1.82, 2.24) is 0 Å². The van der Waals surface area contributed by atoms with E-state index >= 15 is 0 Å². The molecule has 0 spiro atoms. The SMILES string of the molecule is O=C(O)C1(C(F)(F)F)CCCc2ccccc21. The molecule has 17 heavy (non-hydrogen) atoms. The summed E-state index contributed by atoms with van der Waals surface area (Å²) < 4.78 is 39.4. The summed E-state index contributed by atoms with van der Waals surface area (Å²) in [5.74, 6) is -1.81. The number of hydrogen-bond acceptors (Lipinski definition) is 1. The van der Waals surface area contributed by atoms with E-state index in [-0.39, 0.29) is 18.4 Å². The highest BCUT2D eigenvalue weighted by atomic mass is 19.4. The van der Waals surface area contributed by atoms with Gasteiger partial charge in [-0.15, -0.1) is 0 Å². The van der Waals surface area contributed by atoms with Gasteiger partial charge in [-0.3, -0.25) is 4.79 Å². The number of fused-ring (bicyclic) bond motifs is 1. The maximum absolute atomic E-state index is 13.1. The van der Waals surface area contributed by atoms with E-state index in [1.807, 2.05) is 0 Å². The largest absolute Gasteiger partial charge is 0.480 e. The summed E-state index contributed by atoms with van der Waals surface area (Å²) in [6.07, 6.45) is -4.41. The van der Waals surface area contributed by atoms with Gasteiger partial charge >= 0.3 is 12.1 Å². The fourth-order valence-corrected chi connectivity index (χ4v) is 2.47. The smallest absolute Gasteiger partial charge is 0.408 e. The molecule has 0 aromatic heterocycles. The molecule has 0 amide bonds. The lowest BCUT2D eigenvalue weighted by Gasteiger charge is -2.36. The molecular formula is C12H11F3O2. The summed E-state index contributed by atoms with van der Waals surface area (Å²) >= 11 is 0. The Labute approximate surface area is 96.1 Å². The zero-order valence-corrected chi connectivity index (χ0v) is 8.92. The molecule has 92 valence electrons. The highest BCUT2D eigenvalue weighted by molar-refractivity contribution is 5.83. The number of aliphatic carboxylic acids is 1. The molecule has 5 heteroatoms. The standard InChI is InChI=1S/C12H11F3O2/c13-12(14,15)11(10(16)17)7-3-5-8-4-1-2-6-9(8)11/h1-2,4,6H,3,5,7H2,(H,16,17). The number of alkyl halides is 3. The Morgan fingerprint density at radius 3 is 2.53 bits per heavy atom.